The monoisotopic (exact) mass is 784 g/mol. The first-order valence-corrected chi connectivity index (χ1v) is 25.7. The number of nitrogens with zero attached hydrogens (tertiary/aromatic N) is 3. The molecule has 0 aromatic heterocycles. The van der Waals surface area contributed by atoms with Crippen LogP contribution in [0.5, 0.6) is 0 Å². The summed E-state index contributed by atoms with van der Waals surface area (Å²) in [6.07, 6.45) is 72.5. The number of hydrogen-bond acceptors (Lipinski definition) is 3. The summed E-state index contributed by atoms with van der Waals surface area (Å²) in [6, 6.07) is 0. The molecule has 57 heavy (non-hydrogen) atoms. The lowest BCUT2D eigenvalue weighted by Crippen LogP contribution is -2.21. The molecule has 4 aliphatic rings. The van der Waals surface area contributed by atoms with Gasteiger partial charge in [-0.3, -0.25) is 0 Å². The minimum absolute atomic E-state index is 1.12. The molecule has 0 aromatic rings. The van der Waals surface area contributed by atoms with E-state index in [9.17, 15) is 0 Å². The van der Waals surface area contributed by atoms with Gasteiger partial charge >= 0.3 is 0 Å². The topological polar surface area (TPSA) is 9.72 Å². The molecule has 0 aliphatic carbocycles. The largest absolute Gasteiger partial charge is 0.373 e. The van der Waals surface area contributed by atoms with Gasteiger partial charge in [0.25, 0.3) is 0 Å². The van der Waals surface area contributed by atoms with E-state index in [0.29, 0.717) is 0 Å². The fourth-order valence-corrected chi connectivity index (χ4v) is 9.63. The molecule has 0 spiro atoms. The first kappa shape index (κ1) is 47.5. The minimum Gasteiger partial charge on any atom is -0.373 e. The van der Waals surface area contributed by atoms with Gasteiger partial charge in [-0.05, 0) is 74.5 Å². The highest BCUT2D eigenvalue weighted by atomic mass is 15.1. The van der Waals surface area contributed by atoms with Gasteiger partial charge in [0.1, 0.15) is 0 Å². The third kappa shape index (κ3) is 25.2. The molecule has 0 N–H and O–H groups in total. The molecule has 0 radical (unpaired) electrons. The lowest BCUT2D eigenvalue weighted by Gasteiger charge is -2.23. The first-order valence-electron chi connectivity index (χ1n) is 25.7. The third-order valence-electron chi connectivity index (χ3n) is 13.3. The van der Waals surface area contributed by atoms with Crippen molar-refractivity contribution >= 4 is 0 Å². The van der Waals surface area contributed by atoms with Gasteiger partial charge in [0.2, 0.25) is 0 Å². The van der Waals surface area contributed by atoms with E-state index in [4.69, 9.17) is 0 Å². The maximum absolute atomic E-state index is 2.58. The van der Waals surface area contributed by atoms with Crippen LogP contribution in [0.2, 0.25) is 0 Å². The van der Waals surface area contributed by atoms with Crippen LogP contribution in [0, 0.1) is 0 Å². The molecule has 4 aliphatic heterocycles. The van der Waals surface area contributed by atoms with Crippen LogP contribution in [0.15, 0.2) is 71.8 Å². The zero-order chi connectivity index (χ0) is 39.5. The summed E-state index contributed by atoms with van der Waals surface area (Å²) in [6.45, 7) is 7.08. The van der Waals surface area contributed by atoms with Crippen LogP contribution in [-0.4, -0.2) is 54.0 Å². The molecule has 4 heterocycles. The molecule has 0 atom stereocenters. The Balaban J connectivity index is 1.06. The maximum atomic E-state index is 2.58. The SMILES string of the molecule is C1=CC2=CN(C1)CCCCCCCCCCCCCC1=CN(CC=C1)CCCCCCCCCCCCCC1=CN(CC=C1)CCCCCCCCCCCCC2. The molecule has 0 unspecified atom stereocenters. The second-order valence-electron chi connectivity index (χ2n) is 18.7. The second kappa shape index (κ2) is 33.6. The summed E-state index contributed by atoms with van der Waals surface area (Å²) >= 11 is 0. The lowest BCUT2D eigenvalue weighted by molar-refractivity contribution is 0.386. The van der Waals surface area contributed by atoms with Gasteiger partial charge in [0.15, 0.2) is 0 Å². The van der Waals surface area contributed by atoms with Crippen molar-refractivity contribution in [1.29, 1.82) is 0 Å². The van der Waals surface area contributed by atoms with Crippen molar-refractivity contribution in [1.82, 2.24) is 14.7 Å². The number of allylic oxidation sites excluding steroid dienone is 6. The van der Waals surface area contributed by atoms with Crippen LogP contribution in [0.4, 0.5) is 0 Å². The highest BCUT2D eigenvalue weighted by molar-refractivity contribution is 5.23. The normalized spacial score (nSPS) is 24.0. The van der Waals surface area contributed by atoms with Crippen LogP contribution in [0.1, 0.15) is 231 Å². The van der Waals surface area contributed by atoms with Gasteiger partial charge in [-0.15, -0.1) is 0 Å². The molecule has 3 nitrogen and oxygen atoms in total. The highest BCUT2D eigenvalue weighted by Crippen LogP contribution is 2.22. The molecule has 0 fully saturated rings. The molecular weight excluding hydrogens is 691 g/mol. The average Bonchev–Trinajstić information content (AvgIpc) is 3.23. The predicted octanol–water partition coefficient (Wildman–Crippen LogP) is 16.3. The summed E-state index contributed by atoms with van der Waals surface area (Å²) in [5.74, 6) is 0. The molecule has 4 rings (SSSR count). The standard InChI is InChI=1S/C54H93N3/c1-4-10-16-22-28-37-52-40-34-47-56(49-52)44-32-26-20-14-8-3-6-12-18-24-30-39-54-42-36-48-57(51-54)45-33-27-21-15-9-2-5-11-17-23-29-38-53-41-35-46-55(50-53)43-31-25-19-13-7-1/h34-36,40-42,49-51H,1-33,37-39,43-48H2. The predicted molar refractivity (Wildman–Crippen MR) is 253 cm³/mol. The molecule has 0 saturated heterocycles. The minimum atomic E-state index is 1.12. The van der Waals surface area contributed by atoms with E-state index in [0.717, 1.165) is 19.6 Å². The molecular formula is C54H93N3. The van der Waals surface area contributed by atoms with E-state index in [2.05, 4.69) is 69.8 Å². The van der Waals surface area contributed by atoms with Crippen molar-refractivity contribution in [3.63, 3.8) is 0 Å². The Morgan fingerprint density at radius 3 is 0.649 bits per heavy atom. The van der Waals surface area contributed by atoms with Crippen molar-refractivity contribution in [2.24, 2.45) is 0 Å². The summed E-state index contributed by atoms with van der Waals surface area (Å²) in [5, 5.41) is 0. The van der Waals surface area contributed by atoms with Gasteiger partial charge in [-0.25, -0.2) is 0 Å². The fourth-order valence-electron chi connectivity index (χ4n) is 9.63. The van der Waals surface area contributed by atoms with Crippen molar-refractivity contribution in [2.45, 2.75) is 231 Å². The van der Waals surface area contributed by atoms with Crippen LogP contribution in [0.25, 0.3) is 0 Å². The Kier molecular flexibility index (Phi) is 28.1. The van der Waals surface area contributed by atoms with Crippen molar-refractivity contribution in [3.8, 4) is 0 Å². The van der Waals surface area contributed by atoms with E-state index in [1.54, 1.807) is 16.7 Å². The van der Waals surface area contributed by atoms with Gasteiger partial charge in [-0.1, -0.05) is 210 Å². The summed E-state index contributed by atoms with van der Waals surface area (Å²) < 4.78 is 0. The number of fused-ring (bicyclic) bond motifs is 3. The van der Waals surface area contributed by atoms with Gasteiger partial charge in [0.05, 0.1) is 0 Å². The first-order chi connectivity index (χ1) is 28.3. The van der Waals surface area contributed by atoms with Crippen molar-refractivity contribution < 1.29 is 0 Å². The Labute approximate surface area is 355 Å². The summed E-state index contributed by atoms with van der Waals surface area (Å²) in [5.41, 5.74) is 4.70. The summed E-state index contributed by atoms with van der Waals surface area (Å²) in [4.78, 5) is 7.74. The average molecular weight is 784 g/mol. The highest BCUT2D eigenvalue weighted by Gasteiger charge is 2.09. The van der Waals surface area contributed by atoms with E-state index in [-0.39, 0.29) is 0 Å². The van der Waals surface area contributed by atoms with E-state index < -0.39 is 0 Å². The molecule has 324 valence electrons. The van der Waals surface area contributed by atoms with Gasteiger partial charge in [-0.2, -0.15) is 0 Å². The summed E-state index contributed by atoms with van der Waals surface area (Å²) in [7, 11) is 0. The van der Waals surface area contributed by atoms with E-state index in [1.807, 2.05) is 0 Å². The molecule has 0 saturated carbocycles. The third-order valence-corrected chi connectivity index (χ3v) is 13.3. The second-order valence-corrected chi connectivity index (χ2v) is 18.7. The number of hydrogen-bond donors (Lipinski definition) is 0. The molecule has 0 amide bonds. The maximum Gasteiger partial charge on any atom is 0.0357 e. The quantitative estimate of drug-likeness (QED) is 0.242. The van der Waals surface area contributed by atoms with E-state index >= 15 is 0 Å². The zero-order valence-corrected chi connectivity index (χ0v) is 37.7. The Morgan fingerprint density at radius 2 is 0.421 bits per heavy atom. The smallest absolute Gasteiger partial charge is 0.0357 e. The van der Waals surface area contributed by atoms with Crippen LogP contribution in [-0.2, 0) is 0 Å². The lowest BCUT2D eigenvalue weighted by atomic mass is 10.0. The number of rotatable bonds is 0. The van der Waals surface area contributed by atoms with Crippen molar-refractivity contribution in [3.05, 3.63) is 71.8 Å². The van der Waals surface area contributed by atoms with Crippen LogP contribution >= 0.6 is 0 Å². The Bertz CT molecular complexity index is 1010. The van der Waals surface area contributed by atoms with E-state index in [1.165, 1.54) is 251 Å². The zero-order valence-electron chi connectivity index (χ0n) is 37.7. The van der Waals surface area contributed by atoms with Gasteiger partial charge < -0.3 is 14.7 Å². The Hall–Kier alpha value is -2.16. The fraction of sp³-hybridized carbons (Fsp3) is 0.778. The molecule has 3 heteroatoms. The van der Waals surface area contributed by atoms with Gasteiger partial charge in [0, 0.05) is 57.9 Å². The van der Waals surface area contributed by atoms with Crippen LogP contribution in [0.3, 0.4) is 0 Å². The molecule has 6 bridgehead atoms. The van der Waals surface area contributed by atoms with Crippen LogP contribution < -0.4 is 0 Å². The Morgan fingerprint density at radius 1 is 0.228 bits per heavy atom. The van der Waals surface area contributed by atoms with Crippen molar-refractivity contribution in [2.75, 3.05) is 39.3 Å². The molecule has 0 aromatic carbocycles.